The van der Waals surface area contributed by atoms with Crippen LogP contribution >= 0.6 is 0 Å². The van der Waals surface area contributed by atoms with Crippen molar-refractivity contribution in [1.82, 2.24) is 0 Å². The number of nitrogens with zero attached hydrogens (tertiary/aromatic N) is 1. The number of fused-ring (bicyclic) bond motifs is 1. The Morgan fingerprint density at radius 2 is 1.85 bits per heavy atom. The molecule has 0 spiro atoms. The lowest BCUT2D eigenvalue weighted by Crippen LogP contribution is -2.42. The maximum Gasteiger partial charge on any atom is 0.443 e. The normalized spacial score (nSPS) is 17.1. The fourth-order valence-electron chi connectivity index (χ4n) is 2.68. The number of aryl methyl sites for hydroxylation is 1. The summed E-state index contributed by atoms with van der Waals surface area (Å²) in [6, 6.07) is 12.0. The SMILES string of the molecule is Cc1cccc2cccc(C(C)C(N)C3=NC(=O)O3)c12. The third-order valence-electron chi connectivity index (χ3n) is 3.85. The van der Waals surface area contributed by atoms with E-state index in [-0.39, 0.29) is 5.92 Å². The third kappa shape index (κ3) is 1.98. The Morgan fingerprint density at radius 1 is 1.20 bits per heavy atom. The summed E-state index contributed by atoms with van der Waals surface area (Å²) in [4.78, 5) is 14.5. The molecule has 3 rings (SSSR count). The van der Waals surface area contributed by atoms with E-state index in [9.17, 15) is 4.79 Å². The van der Waals surface area contributed by atoms with Gasteiger partial charge in [0.1, 0.15) is 0 Å². The van der Waals surface area contributed by atoms with Crippen LogP contribution in [-0.4, -0.2) is 18.0 Å². The monoisotopic (exact) mass is 268 g/mol. The van der Waals surface area contributed by atoms with Crippen molar-refractivity contribution in [2.45, 2.75) is 25.8 Å². The number of hydrogen-bond acceptors (Lipinski definition) is 3. The van der Waals surface area contributed by atoms with Crippen LogP contribution < -0.4 is 5.73 Å². The average molecular weight is 268 g/mol. The summed E-state index contributed by atoms with van der Waals surface area (Å²) in [5, 5.41) is 2.40. The predicted octanol–water partition coefficient (Wildman–Crippen LogP) is 3.13. The topological polar surface area (TPSA) is 64.7 Å². The van der Waals surface area contributed by atoms with Crippen LogP contribution in [0.25, 0.3) is 10.8 Å². The van der Waals surface area contributed by atoms with Crippen LogP contribution in [0.3, 0.4) is 0 Å². The third-order valence-corrected chi connectivity index (χ3v) is 3.85. The maximum atomic E-state index is 10.8. The molecule has 0 saturated carbocycles. The molecule has 102 valence electrons. The molecule has 1 amide bonds. The van der Waals surface area contributed by atoms with Crippen molar-refractivity contribution in [3.05, 3.63) is 47.5 Å². The summed E-state index contributed by atoms with van der Waals surface area (Å²) in [6.45, 7) is 4.12. The molecule has 2 aromatic rings. The fourth-order valence-corrected chi connectivity index (χ4v) is 2.68. The predicted molar refractivity (Wildman–Crippen MR) is 79.0 cm³/mol. The summed E-state index contributed by atoms with van der Waals surface area (Å²) in [5.74, 6) is 0.347. The number of rotatable bonds is 3. The first-order chi connectivity index (χ1) is 9.58. The second-order valence-corrected chi connectivity index (χ2v) is 5.15. The van der Waals surface area contributed by atoms with Crippen molar-refractivity contribution in [1.29, 1.82) is 0 Å². The Balaban J connectivity index is 2.06. The van der Waals surface area contributed by atoms with Crippen LogP contribution in [0.4, 0.5) is 4.79 Å². The fraction of sp³-hybridized carbons (Fsp3) is 0.250. The average Bonchev–Trinajstić information content (AvgIpc) is 2.42. The number of cyclic esters (lactones) is 1. The van der Waals surface area contributed by atoms with Crippen molar-refractivity contribution in [3.8, 4) is 0 Å². The molecular formula is C16H16N2O2. The number of ether oxygens (including phenoxy) is 1. The van der Waals surface area contributed by atoms with Crippen LogP contribution in [0.15, 0.2) is 41.4 Å². The van der Waals surface area contributed by atoms with Crippen molar-refractivity contribution in [2.24, 2.45) is 10.7 Å². The molecule has 1 heterocycles. The van der Waals surface area contributed by atoms with Gasteiger partial charge in [0, 0.05) is 5.92 Å². The highest BCUT2D eigenvalue weighted by Gasteiger charge is 2.31. The number of amides is 1. The Morgan fingerprint density at radius 3 is 2.50 bits per heavy atom. The number of benzene rings is 2. The number of carbonyl (C=O) groups excluding carboxylic acids is 1. The smallest absolute Gasteiger partial charge is 0.392 e. The highest BCUT2D eigenvalue weighted by molar-refractivity contribution is 6.06. The summed E-state index contributed by atoms with van der Waals surface area (Å²) < 4.78 is 4.87. The van der Waals surface area contributed by atoms with Gasteiger partial charge in [-0.2, -0.15) is 0 Å². The Bertz CT molecular complexity index is 716. The van der Waals surface area contributed by atoms with Gasteiger partial charge in [0.05, 0.1) is 6.04 Å². The van der Waals surface area contributed by atoms with Gasteiger partial charge in [0.2, 0.25) is 5.90 Å². The van der Waals surface area contributed by atoms with E-state index in [1.54, 1.807) is 0 Å². The molecule has 2 unspecified atom stereocenters. The van der Waals surface area contributed by atoms with Gasteiger partial charge < -0.3 is 10.5 Å². The van der Waals surface area contributed by atoms with Crippen LogP contribution in [0.5, 0.6) is 0 Å². The molecule has 0 bridgehead atoms. The zero-order valence-corrected chi connectivity index (χ0v) is 11.5. The van der Waals surface area contributed by atoms with E-state index in [1.807, 2.05) is 19.1 Å². The lowest BCUT2D eigenvalue weighted by atomic mass is 9.87. The van der Waals surface area contributed by atoms with Crippen molar-refractivity contribution in [3.63, 3.8) is 0 Å². The summed E-state index contributed by atoms with van der Waals surface area (Å²) in [5.41, 5.74) is 8.51. The zero-order chi connectivity index (χ0) is 14.3. The summed E-state index contributed by atoms with van der Waals surface area (Å²) >= 11 is 0. The number of nitrogens with two attached hydrogens (primary N) is 1. The molecule has 2 atom stereocenters. The highest BCUT2D eigenvalue weighted by Crippen LogP contribution is 2.30. The largest absolute Gasteiger partial charge is 0.443 e. The van der Waals surface area contributed by atoms with E-state index in [0.29, 0.717) is 5.90 Å². The van der Waals surface area contributed by atoms with Gasteiger partial charge in [-0.1, -0.05) is 43.3 Å². The Hall–Kier alpha value is -2.20. The molecular weight excluding hydrogens is 252 g/mol. The van der Waals surface area contributed by atoms with E-state index in [1.165, 1.54) is 16.3 Å². The molecule has 0 radical (unpaired) electrons. The minimum Gasteiger partial charge on any atom is -0.392 e. The molecule has 2 N–H and O–H groups in total. The first-order valence-electron chi connectivity index (χ1n) is 6.62. The number of aliphatic imine (C=N–C) groups is 1. The van der Waals surface area contributed by atoms with Gasteiger partial charge in [-0.25, -0.2) is 4.79 Å². The van der Waals surface area contributed by atoms with E-state index >= 15 is 0 Å². The summed E-state index contributed by atoms with van der Waals surface area (Å²) in [6.07, 6.45) is -0.559. The molecule has 20 heavy (non-hydrogen) atoms. The Kier molecular flexibility index (Phi) is 3.03. The molecule has 0 fully saturated rings. The maximum absolute atomic E-state index is 10.8. The van der Waals surface area contributed by atoms with Gasteiger partial charge in [0.25, 0.3) is 0 Å². The van der Waals surface area contributed by atoms with E-state index < -0.39 is 12.1 Å². The molecule has 0 aromatic heterocycles. The second-order valence-electron chi connectivity index (χ2n) is 5.15. The highest BCUT2D eigenvalue weighted by atomic mass is 16.6. The first kappa shape index (κ1) is 12.8. The molecule has 2 aromatic carbocycles. The number of carbonyl (C=O) groups is 1. The van der Waals surface area contributed by atoms with E-state index in [2.05, 4.69) is 36.2 Å². The lowest BCUT2D eigenvalue weighted by Gasteiger charge is -2.25. The van der Waals surface area contributed by atoms with Crippen LogP contribution in [0, 0.1) is 6.92 Å². The van der Waals surface area contributed by atoms with Crippen LogP contribution in [0.1, 0.15) is 24.0 Å². The second kappa shape index (κ2) is 4.72. The molecule has 0 saturated heterocycles. The lowest BCUT2D eigenvalue weighted by molar-refractivity contribution is 0.191. The van der Waals surface area contributed by atoms with E-state index in [4.69, 9.17) is 10.5 Å². The van der Waals surface area contributed by atoms with Crippen molar-refractivity contribution in [2.75, 3.05) is 0 Å². The minimum atomic E-state index is -0.559. The van der Waals surface area contributed by atoms with Gasteiger partial charge in [-0.3, -0.25) is 0 Å². The van der Waals surface area contributed by atoms with Gasteiger partial charge >= 0.3 is 6.09 Å². The van der Waals surface area contributed by atoms with Crippen LogP contribution in [-0.2, 0) is 4.74 Å². The van der Waals surface area contributed by atoms with Crippen LogP contribution in [0.2, 0.25) is 0 Å². The Labute approximate surface area is 117 Å². The van der Waals surface area contributed by atoms with Gasteiger partial charge in [-0.05, 0) is 28.8 Å². The summed E-state index contributed by atoms with van der Waals surface area (Å²) in [7, 11) is 0. The first-order valence-corrected chi connectivity index (χ1v) is 6.62. The van der Waals surface area contributed by atoms with Crippen molar-refractivity contribution >= 4 is 22.8 Å². The van der Waals surface area contributed by atoms with Crippen molar-refractivity contribution < 1.29 is 9.53 Å². The number of hydrogen-bond donors (Lipinski definition) is 1. The zero-order valence-electron chi connectivity index (χ0n) is 11.5. The quantitative estimate of drug-likeness (QED) is 0.930. The molecule has 4 nitrogen and oxygen atoms in total. The molecule has 0 aliphatic carbocycles. The molecule has 1 aliphatic rings. The standard InChI is InChI=1S/C16H16N2O2/c1-9-5-3-6-11-7-4-8-12(13(9)11)10(2)14(17)15-18-16(19)20-15/h3-8,10,14H,17H2,1-2H3. The van der Waals surface area contributed by atoms with E-state index in [0.717, 1.165) is 5.56 Å². The van der Waals surface area contributed by atoms with Gasteiger partial charge in [0.15, 0.2) is 0 Å². The molecule has 4 heteroatoms. The minimum absolute atomic E-state index is 0.0200. The molecule has 1 aliphatic heterocycles. The van der Waals surface area contributed by atoms with Gasteiger partial charge in [-0.15, -0.1) is 4.99 Å².